The van der Waals surface area contributed by atoms with E-state index in [9.17, 15) is 4.79 Å². The zero-order chi connectivity index (χ0) is 16.0. The van der Waals surface area contributed by atoms with Gasteiger partial charge in [-0.05, 0) is 31.1 Å². The molecule has 5 heteroatoms. The first kappa shape index (κ1) is 17.3. The first-order valence-electron chi connectivity index (χ1n) is 7.42. The fourth-order valence-electron chi connectivity index (χ4n) is 2.52. The van der Waals surface area contributed by atoms with Gasteiger partial charge in [-0.3, -0.25) is 9.69 Å². The number of hydrogen-bond acceptors (Lipinski definition) is 4. The molecule has 118 valence electrons. The van der Waals surface area contributed by atoms with Gasteiger partial charge >= 0.3 is 0 Å². The molecule has 1 unspecified atom stereocenters. The van der Waals surface area contributed by atoms with Crippen LogP contribution in [-0.4, -0.2) is 37.0 Å². The summed E-state index contributed by atoms with van der Waals surface area (Å²) in [5, 5.41) is 2.96. The summed E-state index contributed by atoms with van der Waals surface area (Å²) in [6.07, 6.45) is 0. The van der Waals surface area contributed by atoms with Crippen molar-refractivity contribution in [1.29, 1.82) is 0 Å². The molecular formula is C16H27N3O2. The molecule has 0 aliphatic carbocycles. The first-order chi connectivity index (χ1) is 9.94. The number of nitrogens with one attached hydrogen (secondary N) is 1. The maximum absolute atomic E-state index is 12.6. The number of carbonyl (C=O) groups excluding carboxylic acids is 1. The lowest BCUT2D eigenvalue weighted by Crippen LogP contribution is -2.47. The maximum Gasteiger partial charge on any atom is 0.242 e. The Morgan fingerprint density at radius 1 is 1.33 bits per heavy atom. The quantitative estimate of drug-likeness (QED) is 0.758. The second-order valence-electron chi connectivity index (χ2n) is 5.36. The lowest BCUT2D eigenvalue weighted by molar-refractivity contribution is -0.122. The Morgan fingerprint density at radius 3 is 2.43 bits per heavy atom. The molecule has 0 saturated carbocycles. The molecule has 21 heavy (non-hydrogen) atoms. The molecule has 1 amide bonds. The van der Waals surface area contributed by atoms with Crippen LogP contribution in [0.5, 0.6) is 5.75 Å². The van der Waals surface area contributed by atoms with Crippen molar-refractivity contribution in [1.82, 2.24) is 4.90 Å². The monoisotopic (exact) mass is 293 g/mol. The van der Waals surface area contributed by atoms with E-state index in [1.165, 1.54) is 0 Å². The molecule has 1 rings (SSSR count). The van der Waals surface area contributed by atoms with Gasteiger partial charge in [0.25, 0.3) is 0 Å². The minimum atomic E-state index is -0.165. The molecule has 0 aliphatic rings. The Kier molecular flexibility index (Phi) is 6.49. The summed E-state index contributed by atoms with van der Waals surface area (Å²) in [5.41, 5.74) is 6.99. The zero-order valence-electron chi connectivity index (χ0n) is 13.6. The van der Waals surface area contributed by atoms with E-state index >= 15 is 0 Å². The molecule has 1 aromatic carbocycles. The second kappa shape index (κ2) is 7.88. The molecule has 0 fully saturated rings. The van der Waals surface area contributed by atoms with Gasteiger partial charge in [-0.2, -0.15) is 0 Å². The Hall–Kier alpha value is -1.75. The van der Waals surface area contributed by atoms with Crippen LogP contribution in [0, 0.1) is 5.92 Å². The summed E-state index contributed by atoms with van der Waals surface area (Å²) in [4.78, 5) is 14.8. The van der Waals surface area contributed by atoms with Crippen molar-refractivity contribution in [3.05, 3.63) is 18.2 Å². The van der Waals surface area contributed by atoms with Crippen LogP contribution in [0.4, 0.5) is 11.4 Å². The molecule has 0 saturated heterocycles. The van der Waals surface area contributed by atoms with Gasteiger partial charge in [-0.15, -0.1) is 0 Å². The Balaban J connectivity index is 2.97. The molecule has 1 aromatic rings. The number of nitrogen functional groups attached to an aromatic ring is 1. The van der Waals surface area contributed by atoms with Crippen LogP contribution in [0.25, 0.3) is 0 Å². The molecule has 0 aliphatic heterocycles. The van der Waals surface area contributed by atoms with E-state index in [4.69, 9.17) is 10.5 Å². The molecular weight excluding hydrogens is 266 g/mol. The summed E-state index contributed by atoms with van der Waals surface area (Å²) >= 11 is 0. The number of methoxy groups -OCH3 is 1. The molecule has 5 nitrogen and oxygen atoms in total. The third kappa shape index (κ3) is 4.36. The number of carbonyl (C=O) groups is 1. The van der Waals surface area contributed by atoms with Gasteiger partial charge < -0.3 is 15.8 Å². The van der Waals surface area contributed by atoms with Gasteiger partial charge in [0.1, 0.15) is 5.75 Å². The van der Waals surface area contributed by atoms with Crippen LogP contribution in [0.1, 0.15) is 27.7 Å². The maximum atomic E-state index is 12.6. The number of anilines is 2. The average Bonchev–Trinajstić information content (AvgIpc) is 2.45. The second-order valence-corrected chi connectivity index (χ2v) is 5.36. The number of benzene rings is 1. The van der Waals surface area contributed by atoms with E-state index in [2.05, 4.69) is 37.9 Å². The van der Waals surface area contributed by atoms with E-state index in [1.54, 1.807) is 25.3 Å². The van der Waals surface area contributed by atoms with Crippen LogP contribution in [0.2, 0.25) is 0 Å². The van der Waals surface area contributed by atoms with Crippen molar-refractivity contribution >= 4 is 17.3 Å². The first-order valence-corrected chi connectivity index (χ1v) is 7.42. The van der Waals surface area contributed by atoms with Crippen molar-refractivity contribution in [2.24, 2.45) is 5.92 Å². The van der Waals surface area contributed by atoms with E-state index < -0.39 is 0 Å². The topological polar surface area (TPSA) is 67.6 Å². The van der Waals surface area contributed by atoms with E-state index in [1.807, 2.05) is 0 Å². The fourth-order valence-corrected chi connectivity index (χ4v) is 2.52. The number of nitrogens with two attached hydrogens (primary N) is 1. The minimum absolute atomic E-state index is 0.0169. The van der Waals surface area contributed by atoms with Gasteiger partial charge in [0.15, 0.2) is 0 Å². The molecule has 0 bridgehead atoms. The van der Waals surface area contributed by atoms with E-state index in [-0.39, 0.29) is 17.9 Å². The van der Waals surface area contributed by atoms with Gasteiger partial charge in [0.05, 0.1) is 18.8 Å². The summed E-state index contributed by atoms with van der Waals surface area (Å²) in [5.74, 6) is 0.784. The van der Waals surface area contributed by atoms with Crippen LogP contribution >= 0.6 is 0 Å². The summed E-state index contributed by atoms with van der Waals surface area (Å²) in [6.45, 7) is 9.93. The van der Waals surface area contributed by atoms with Crippen molar-refractivity contribution in [3.63, 3.8) is 0 Å². The Bertz CT molecular complexity index is 471. The number of hydrogen-bond donors (Lipinski definition) is 2. The predicted molar refractivity (Wildman–Crippen MR) is 87.6 cm³/mol. The SMILES string of the molecule is CCN(CC)C(C(=O)Nc1ccc(N)cc1OC)C(C)C. The number of ether oxygens (including phenoxy) is 1. The van der Waals surface area contributed by atoms with Gasteiger partial charge in [-0.1, -0.05) is 27.7 Å². The number of amides is 1. The highest BCUT2D eigenvalue weighted by Crippen LogP contribution is 2.27. The van der Waals surface area contributed by atoms with Crippen molar-refractivity contribution in [2.75, 3.05) is 31.2 Å². The number of rotatable bonds is 7. The van der Waals surface area contributed by atoms with Crippen LogP contribution in [0.15, 0.2) is 18.2 Å². The van der Waals surface area contributed by atoms with Crippen molar-refractivity contribution in [3.8, 4) is 5.75 Å². The van der Waals surface area contributed by atoms with Crippen molar-refractivity contribution in [2.45, 2.75) is 33.7 Å². The summed E-state index contributed by atoms with van der Waals surface area (Å²) in [6, 6.07) is 5.06. The van der Waals surface area contributed by atoms with Crippen LogP contribution in [-0.2, 0) is 4.79 Å². The van der Waals surface area contributed by atoms with Gasteiger partial charge in [0, 0.05) is 11.8 Å². The molecule has 0 heterocycles. The smallest absolute Gasteiger partial charge is 0.242 e. The average molecular weight is 293 g/mol. The number of nitrogens with zero attached hydrogens (tertiary/aromatic N) is 1. The molecule has 0 radical (unpaired) electrons. The summed E-state index contributed by atoms with van der Waals surface area (Å²) in [7, 11) is 1.56. The molecule has 1 atom stereocenters. The minimum Gasteiger partial charge on any atom is -0.494 e. The molecule has 0 aromatic heterocycles. The normalized spacial score (nSPS) is 12.5. The fraction of sp³-hybridized carbons (Fsp3) is 0.562. The molecule has 3 N–H and O–H groups in total. The Morgan fingerprint density at radius 2 is 1.95 bits per heavy atom. The largest absolute Gasteiger partial charge is 0.494 e. The van der Waals surface area contributed by atoms with E-state index in [0.717, 1.165) is 13.1 Å². The summed E-state index contributed by atoms with van der Waals surface area (Å²) < 4.78 is 5.27. The van der Waals surface area contributed by atoms with Crippen LogP contribution < -0.4 is 15.8 Å². The van der Waals surface area contributed by atoms with Crippen LogP contribution in [0.3, 0.4) is 0 Å². The highest BCUT2D eigenvalue weighted by Gasteiger charge is 2.27. The highest BCUT2D eigenvalue weighted by atomic mass is 16.5. The lowest BCUT2D eigenvalue weighted by Gasteiger charge is -2.31. The van der Waals surface area contributed by atoms with Crippen molar-refractivity contribution < 1.29 is 9.53 Å². The molecule has 0 spiro atoms. The third-order valence-electron chi connectivity index (χ3n) is 3.59. The van der Waals surface area contributed by atoms with Gasteiger partial charge in [-0.25, -0.2) is 0 Å². The van der Waals surface area contributed by atoms with Gasteiger partial charge in [0.2, 0.25) is 5.91 Å². The number of likely N-dealkylation sites (N-methyl/N-ethyl adjacent to an activating group) is 1. The lowest BCUT2D eigenvalue weighted by atomic mass is 10.0. The standard InChI is InChI=1S/C16H27N3O2/c1-6-19(7-2)15(11(3)4)16(20)18-13-9-8-12(17)10-14(13)21-5/h8-11,15H,6-7,17H2,1-5H3,(H,18,20). The predicted octanol–water partition coefficient (Wildman–Crippen LogP) is 2.58. The Labute approximate surface area is 127 Å². The van der Waals surface area contributed by atoms with E-state index in [0.29, 0.717) is 17.1 Å². The zero-order valence-corrected chi connectivity index (χ0v) is 13.6. The third-order valence-corrected chi connectivity index (χ3v) is 3.59. The highest BCUT2D eigenvalue weighted by molar-refractivity contribution is 5.96.